The molecule has 0 unspecified atom stereocenters. The van der Waals surface area contributed by atoms with E-state index in [4.69, 9.17) is 4.74 Å². The van der Waals surface area contributed by atoms with Crippen molar-refractivity contribution in [1.29, 1.82) is 0 Å². The van der Waals surface area contributed by atoms with Crippen LogP contribution >= 0.6 is 0 Å². The maximum absolute atomic E-state index is 13.2. The summed E-state index contributed by atoms with van der Waals surface area (Å²) in [6.45, 7) is 0. The predicted octanol–water partition coefficient (Wildman–Crippen LogP) is 2.36. The number of aromatic nitrogens is 2. The Hall–Kier alpha value is -3.11. The van der Waals surface area contributed by atoms with Crippen molar-refractivity contribution in [3.05, 3.63) is 51.8 Å². The fourth-order valence-electron chi connectivity index (χ4n) is 1.94. The van der Waals surface area contributed by atoms with Gasteiger partial charge in [0.1, 0.15) is 11.9 Å². The second-order valence-electron chi connectivity index (χ2n) is 4.61. The summed E-state index contributed by atoms with van der Waals surface area (Å²) in [5.41, 5.74) is -1.63. The van der Waals surface area contributed by atoms with Crippen molar-refractivity contribution in [1.82, 2.24) is 15.5 Å². The van der Waals surface area contributed by atoms with Crippen molar-refractivity contribution in [3.63, 3.8) is 0 Å². The molecule has 2 rings (SSSR count). The number of ether oxygens (including phenoxy) is 1. The van der Waals surface area contributed by atoms with E-state index < -0.39 is 34.4 Å². The summed E-state index contributed by atoms with van der Waals surface area (Å²) in [6.07, 6.45) is -4.07. The van der Waals surface area contributed by atoms with Crippen molar-refractivity contribution in [3.8, 4) is 5.75 Å². The summed E-state index contributed by atoms with van der Waals surface area (Å²) >= 11 is 0. The van der Waals surface area contributed by atoms with Crippen LogP contribution in [0.3, 0.4) is 0 Å². The molecular formula is C13H11F3N4O4. The summed E-state index contributed by atoms with van der Waals surface area (Å²) in [5, 5.41) is 17.8. The van der Waals surface area contributed by atoms with Gasteiger partial charge in [0.05, 0.1) is 12.0 Å². The first-order valence-corrected chi connectivity index (χ1v) is 6.43. The first-order chi connectivity index (χ1) is 11.2. The van der Waals surface area contributed by atoms with E-state index in [1.54, 1.807) is 5.32 Å². The van der Waals surface area contributed by atoms with Crippen molar-refractivity contribution in [2.24, 2.45) is 0 Å². The number of carbonyl (C=O) groups excluding carboxylic acids is 1. The zero-order chi connectivity index (χ0) is 17.9. The number of nitrogens with zero attached hydrogens (tertiary/aromatic N) is 2. The van der Waals surface area contributed by atoms with E-state index in [0.29, 0.717) is 5.75 Å². The van der Waals surface area contributed by atoms with E-state index in [1.165, 1.54) is 19.2 Å². The monoisotopic (exact) mass is 344 g/mol. The molecule has 0 bridgehead atoms. The molecule has 128 valence electrons. The van der Waals surface area contributed by atoms with E-state index >= 15 is 0 Å². The van der Waals surface area contributed by atoms with Crippen LogP contribution in [0.15, 0.2) is 30.5 Å². The number of aromatic amines is 1. The van der Waals surface area contributed by atoms with Crippen LogP contribution in [0.4, 0.5) is 18.9 Å². The average molecular weight is 344 g/mol. The number of benzene rings is 1. The van der Waals surface area contributed by atoms with Crippen molar-refractivity contribution < 1.29 is 27.6 Å². The summed E-state index contributed by atoms with van der Waals surface area (Å²) in [4.78, 5) is 21.8. The lowest BCUT2D eigenvalue weighted by Crippen LogP contribution is -2.38. The van der Waals surface area contributed by atoms with Gasteiger partial charge in [-0.25, -0.2) is 0 Å². The number of rotatable bonds is 5. The number of amides is 1. The van der Waals surface area contributed by atoms with Gasteiger partial charge in [-0.2, -0.15) is 18.3 Å². The number of halogens is 3. The van der Waals surface area contributed by atoms with Gasteiger partial charge in [-0.3, -0.25) is 20.0 Å². The first-order valence-electron chi connectivity index (χ1n) is 6.43. The average Bonchev–Trinajstić information content (AvgIpc) is 3.01. The van der Waals surface area contributed by atoms with Crippen molar-refractivity contribution >= 4 is 11.6 Å². The predicted molar refractivity (Wildman–Crippen MR) is 74.5 cm³/mol. The van der Waals surface area contributed by atoms with Crippen molar-refractivity contribution in [2.45, 2.75) is 12.2 Å². The quantitative estimate of drug-likeness (QED) is 0.639. The molecule has 1 amide bonds. The molecule has 0 aliphatic heterocycles. The van der Waals surface area contributed by atoms with Gasteiger partial charge in [-0.1, -0.05) is 12.1 Å². The third-order valence-electron chi connectivity index (χ3n) is 3.09. The normalized spacial score (nSPS) is 12.5. The fraction of sp³-hybridized carbons (Fsp3) is 0.231. The van der Waals surface area contributed by atoms with E-state index in [1.807, 2.05) is 5.10 Å². The van der Waals surface area contributed by atoms with Crippen LogP contribution in [0.25, 0.3) is 0 Å². The lowest BCUT2D eigenvalue weighted by Gasteiger charge is -2.21. The number of H-pyrrole nitrogens is 1. The Balaban J connectivity index is 2.30. The molecule has 24 heavy (non-hydrogen) atoms. The minimum atomic E-state index is -4.81. The number of nitrogens with one attached hydrogen (secondary N) is 2. The molecule has 1 aromatic heterocycles. The molecule has 0 saturated carbocycles. The van der Waals surface area contributed by atoms with E-state index in [0.717, 1.165) is 18.3 Å². The van der Waals surface area contributed by atoms with Crippen LogP contribution in [0.2, 0.25) is 0 Å². The Morgan fingerprint density at radius 3 is 2.50 bits per heavy atom. The van der Waals surface area contributed by atoms with Crippen LogP contribution in [0, 0.1) is 10.1 Å². The van der Waals surface area contributed by atoms with Crippen LogP contribution in [-0.2, 0) is 0 Å². The van der Waals surface area contributed by atoms with Gasteiger partial charge >= 0.3 is 11.9 Å². The Morgan fingerprint density at radius 2 is 2.00 bits per heavy atom. The highest BCUT2D eigenvalue weighted by Gasteiger charge is 2.42. The lowest BCUT2D eigenvalue weighted by atomic mass is 10.1. The molecule has 1 aromatic carbocycles. The minimum Gasteiger partial charge on any atom is -0.497 e. The van der Waals surface area contributed by atoms with Crippen molar-refractivity contribution in [2.75, 3.05) is 7.11 Å². The Labute approximate surface area is 132 Å². The zero-order valence-electron chi connectivity index (χ0n) is 12.1. The van der Waals surface area contributed by atoms with Crippen LogP contribution in [-0.4, -0.2) is 34.3 Å². The minimum absolute atomic E-state index is 0.251. The van der Waals surface area contributed by atoms with Gasteiger partial charge < -0.3 is 10.1 Å². The highest BCUT2D eigenvalue weighted by Crippen LogP contribution is 2.34. The van der Waals surface area contributed by atoms with Crippen LogP contribution in [0.1, 0.15) is 22.1 Å². The topological polar surface area (TPSA) is 110 Å². The second kappa shape index (κ2) is 6.56. The van der Waals surface area contributed by atoms with Crippen LogP contribution in [0.5, 0.6) is 5.75 Å². The largest absolute Gasteiger partial charge is 0.497 e. The Kier molecular flexibility index (Phi) is 4.71. The lowest BCUT2D eigenvalue weighted by molar-refractivity contribution is -0.385. The molecule has 2 N–H and O–H groups in total. The van der Waals surface area contributed by atoms with E-state index in [2.05, 4.69) is 5.10 Å². The summed E-state index contributed by atoms with van der Waals surface area (Å²) in [5.74, 6) is -0.951. The number of hydrogen-bond acceptors (Lipinski definition) is 5. The van der Waals surface area contributed by atoms with Gasteiger partial charge in [0, 0.05) is 0 Å². The molecule has 0 radical (unpaired) electrons. The number of alkyl halides is 3. The van der Waals surface area contributed by atoms with Gasteiger partial charge in [-0.15, -0.1) is 0 Å². The van der Waals surface area contributed by atoms with E-state index in [-0.39, 0.29) is 5.56 Å². The van der Waals surface area contributed by atoms with Gasteiger partial charge in [0.2, 0.25) is 5.69 Å². The molecule has 0 spiro atoms. The maximum atomic E-state index is 13.2. The highest BCUT2D eigenvalue weighted by molar-refractivity contribution is 5.96. The molecular weight excluding hydrogens is 333 g/mol. The molecule has 2 aromatic rings. The third-order valence-corrected chi connectivity index (χ3v) is 3.09. The smallest absolute Gasteiger partial charge is 0.412 e. The van der Waals surface area contributed by atoms with Crippen LogP contribution < -0.4 is 10.1 Å². The van der Waals surface area contributed by atoms with Gasteiger partial charge in [-0.05, 0) is 17.7 Å². The zero-order valence-corrected chi connectivity index (χ0v) is 12.1. The number of hydrogen-bond donors (Lipinski definition) is 2. The molecule has 0 fully saturated rings. The summed E-state index contributed by atoms with van der Waals surface area (Å²) in [6, 6.07) is 2.54. The molecule has 1 atom stereocenters. The highest BCUT2D eigenvalue weighted by atomic mass is 19.4. The maximum Gasteiger partial charge on any atom is 0.412 e. The Bertz CT molecular complexity index is 742. The third kappa shape index (κ3) is 3.62. The van der Waals surface area contributed by atoms with Gasteiger partial charge in [0.25, 0.3) is 5.91 Å². The number of methoxy groups -OCH3 is 1. The SMILES string of the molecule is COc1ccc([C@H](NC(=O)c2[nH]ncc2[N+](=O)[O-])C(F)(F)F)cc1. The molecule has 0 aliphatic rings. The fourth-order valence-corrected chi connectivity index (χ4v) is 1.94. The number of nitro groups is 1. The molecule has 1 heterocycles. The second-order valence-corrected chi connectivity index (χ2v) is 4.61. The number of carbonyl (C=O) groups is 1. The molecule has 0 aliphatic carbocycles. The summed E-state index contributed by atoms with van der Waals surface area (Å²) in [7, 11) is 1.36. The Morgan fingerprint density at radius 1 is 1.38 bits per heavy atom. The summed E-state index contributed by atoms with van der Waals surface area (Å²) < 4.78 is 44.6. The van der Waals surface area contributed by atoms with Gasteiger partial charge in [0.15, 0.2) is 6.04 Å². The first kappa shape index (κ1) is 17.2. The molecule has 0 saturated heterocycles. The standard InChI is InChI=1S/C13H11F3N4O4/c1-24-8-4-2-7(3-5-8)11(13(14,15)16)18-12(21)10-9(20(22)23)6-17-19-10/h2-6,11H,1H3,(H,17,19)(H,18,21)/t11-/m0/s1. The molecule has 11 heteroatoms. The van der Waals surface area contributed by atoms with E-state index in [9.17, 15) is 28.1 Å². The molecule has 8 nitrogen and oxygen atoms in total.